The molecule has 1 N–H and O–H groups in total. The van der Waals surface area contributed by atoms with Crippen LogP contribution in [-0.2, 0) is 0 Å². The number of carbonyl (C=O) groups is 1. The summed E-state index contributed by atoms with van der Waals surface area (Å²) in [6.07, 6.45) is 0. The molecule has 0 aliphatic heterocycles. The van der Waals surface area contributed by atoms with Gasteiger partial charge in [0.2, 0.25) is 0 Å². The molecule has 0 amide bonds. The largest absolute Gasteiger partial charge is 0.477 e. The molecule has 16 heavy (non-hydrogen) atoms. The first kappa shape index (κ1) is 10.8. The predicted molar refractivity (Wildman–Crippen MR) is 56.6 cm³/mol. The molecule has 5 heteroatoms. The fraction of sp³-hybridized carbons (Fsp3) is 0. The second kappa shape index (κ2) is 4.02. The molecule has 0 saturated heterocycles. The number of hydrogen-bond donors (Lipinski definition) is 1. The summed E-state index contributed by atoms with van der Waals surface area (Å²) in [6.45, 7) is 0. The highest BCUT2D eigenvalue weighted by Gasteiger charge is 2.15. The van der Waals surface area contributed by atoms with Gasteiger partial charge in [-0.3, -0.25) is 0 Å². The maximum Gasteiger partial charge on any atom is 0.345 e. The average molecular weight is 240 g/mol. The lowest BCUT2D eigenvalue weighted by molar-refractivity contribution is 0.0702. The van der Waals surface area contributed by atoms with E-state index < -0.39 is 17.6 Å². The zero-order valence-corrected chi connectivity index (χ0v) is 8.72. The van der Waals surface area contributed by atoms with Gasteiger partial charge < -0.3 is 5.11 Å². The van der Waals surface area contributed by atoms with Crippen LogP contribution in [-0.4, -0.2) is 11.1 Å². The van der Waals surface area contributed by atoms with Crippen molar-refractivity contribution in [3.05, 3.63) is 46.8 Å². The Labute approximate surface area is 93.8 Å². The molecule has 2 aromatic rings. The SMILES string of the molecule is O=C(O)c1ccc(-c2c(F)cccc2F)s1. The molecule has 1 aromatic heterocycles. The van der Waals surface area contributed by atoms with Crippen LogP contribution in [0.2, 0.25) is 0 Å². The van der Waals surface area contributed by atoms with E-state index in [2.05, 4.69) is 0 Å². The molecule has 0 aliphatic rings. The Hall–Kier alpha value is -1.75. The number of carboxylic acid groups (broad SMARTS) is 1. The highest BCUT2D eigenvalue weighted by Crippen LogP contribution is 2.32. The molecule has 2 rings (SSSR count). The summed E-state index contributed by atoms with van der Waals surface area (Å²) in [5.74, 6) is -2.49. The van der Waals surface area contributed by atoms with Crippen LogP contribution >= 0.6 is 11.3 Å². The highest BCUT2D eigenvalue weighted by molar-refractivity contribution is 7.17. The van der Waals surface area contributed by atoms with Crippen LogP contribution in [0.3, 0.4) is 0 Å². The van der Waals surface area contributed by atoms with Crippen molar-refractivity contribution < 1.29 is 18.7 Å². The fourth-order valence-electron chi connectivity index (χ4n) is 1.32. The number of benzene rings is 1. The molecule has 0 atom stereocenters. The normalized spacial score (nSPS) is 10.4. The third-order valence-electron chi connectivity index (χ3n) is 2.03. The van der Waals surface area contributed by atoms with Crippen molar-refractivity contribution in [2.45, 2.75) is 0 Å². The summed E-state index contributed by atoms with van der Waals surface area (Å²) >= 11 is 0.843. The minimum absolute atomic E-state index is 0.0534. The lowest BCUT2D eigenvalue weighted by atomic mass is 10.1. The van der Waals surface area contributed by atoms with E-state index in [9.17, 15) is 13.6 Å². The molecule has 1 heterocycles. The van der Waals surface area contributed by atoms with Gasteiger partial charge in [0.15, 0.2) is 0 Å². The van der Waals surface area contributed by atoms with E-state index in [4.69, 9.17) is 5.11 Å². The zero-order valence-electron chi connectivity index (χ0n) is 7.91. The van der Waals surface area contributed by atoms with Crippen LogP contribution in [0.15, 0.2) is 30.3 Å². The van der Waals surface area contributed by atoms with Gasteiger partial charge in [-0.25, -0.2) is 13.6 Å². The van der Waals surface area contributed by atoms with E-state index >= 15 is 0 Å². The average Bonchev–Trinajstić information content (AvgIpc) is 2.66. The Bertz CT molecular complexity index is 528. The van der Waals surface area contributed by atoms with Crippen molar-refractivity contribution in [2.75, 3.05) is 0 Å². The summed E-state index contributed by atoms with van der Waals surface area (Å²) in [5, 5.41) is 8.71. The fourth-order valence-corrected chi connectivity index (χ4v) is 2.21. The summed E-state index contributed by atoms with van der Waals surface area (Å²) in [6, 6.07) is 6.26. The Morgan fingerprint density at radius 3 is 2.25 bits per heavy atom. The molecule has 82 valence electrons. The smallest absolute Gasteiger partial charge is 0.345 e. The summed E-state index contributed by atoms with van der Waals surface area (Å²) in [5.41, 5.74) is -0.181. The second-order valence-corrected chi connectivity index (χ2v) is 4.15. The van der Waals surface area contributed by atoms with E-state index in [-0.39, 0.29) is 15.3 Å². The van der Waals surface area contributed by atoms with Gasteiger partial charge in [0, 0.05) is 4.88 Å². The molecule has 0 radical (unpaired) electrons. The van der Waals surface area contributed by atoms with Crippen LogP contribution in [0.5, 0.6) is 0 Å². The topological polar surface area (TPSA) is 37.3 Å². The Balaban J connectivity index is 2.54. The number of rotatable bonds is 2. The molecule has 0 spiro atoms. The van der Waals surface area contributed by atoms with Gasteiger partial charge in [-0.05, 0) is 24.3 Å². The van der Waals surface area contributed by atoms with E-state index in [0.29, 0.717) is 0 Å². The first-order valence-electron chi connectivity index (χ1n) is 4.37. The summed E-state index contributed by atoms with van der Waals surface area (Å²) in [7, 11) is 0. The van der Waals surface area contributed by atoms with Gasteiger partial charge in [0.05, 0.1) is 5.56 Å². The summed E-state index contributed by atoms with van der Waals surface area (Å²) in [4.78, 5) is 11.0. The number of thiophene rings is 1. The van der Waals surface area contributed by atoms with E-state index in [0.717, 1.165) is 23.5 Å². The monoisotopic (exact) mass is 240 g/mol. The van der Waals surface area contributed by atoms with Crippen molar-refractivity contribution in [2.24, 2.45) is 0 Å². The van der Waals surface area contributed by atoms with Crippen molar-refractivity contribution in [1.82, 2.24) is 0 Å². The maximum atomic E-state index is 13.4. The molecule has 0 unspecified atom stereocenters. The van der Waals surface area contributed by atoms with Gasteiger partial charge in [0.25, 0.3) is 0 Å². The van der Waals surface area contributed by atoms with Gasteiger partial charge >= 0.3 is 5.97 Å². The second-order valence-electron chi connectivity index (χ2n) is 3.07. The molecule has 0 saturated carbocycles. The van der Waals surface area contributed by atoms with Crippen LogP contribution in [0.25, 0.3) is 10.4 Å². The van der Waals surface area contributed by atoms with Crippen molar-refractivity contribution in [1.29, 1.82) is 0 Å². The molecule has 0 fully saturated rings. The van der Waals surface area contributed by atoms with Crippen LogP contribution in [0, 0.1) is 11.6 Å². The Kier molecular flexibility index (Phi) is 2.70. The molecular weight excluding hydrogens is 234 g/mol. The van der Waals surface area contributed by atoms with E-state index in [1.54, 1.807) is 0 Å². The minimum Gasteiger partial charge on any atom is -0.477 e. The number of halogens is 2. The van der Waals surface area contributed by atoms with Crippen molar-refractivity contribution >= 4 is 17.3 Å². The molecule has 0 aliphatic carbocycles. The van der Waals surface area contributed by atoms with Crippen LogP contribution < -0.4 is 0 Å². The van der Waals surface area contributed by atoms with Gasteiger partial charge in [0.1, 0.15) is 16.5 Å². The van der Waals surface area contributed by atoms with Crippen molar-refractivity contribution in [3.63, 3.8) is 0 Å². The molecule has 0 bridgehead atoms. The first-order valence-corrected chi connectivity index (χ1v) is 5.19. The lowest BCUT2D eigenvalue weighted by Gasteiger charge is -2.00. The van der Waals surface area contributed by atoms with Gasteiger partial charge in [-0.1, -0.05) is 6.07 Å². The predicted octanol–water partition coefficient (Wildman–Crippen LogP) is 3.39. The number of hydrogen-bond acceptors (Lipinski definition) is 2. The first-order chi connectivity index (χ1) is 7.59. The summed E-state index contributed by atoms with van der Waals surface area (Å²) < 4.78 is 26.7. The maximum absolute atomic E-state index is 13.4. The quantitative estimate of drug-likeness (QED) is 0.873. The zero-order chi connectivity index (χ0) is 11.7. The lowest BCUT2D eigenvalue weighted by Crippen LogP contribution is -1.89. The molecule has 1 aromatic carbocycles. The van der Waals surface area contributed by atoms with Crippen LogP contribution in [0.1, 0.15) is 9.67 Å². The molecule has 2 nitrogen and oxygen atoms in total. The van der Waals surface area contributed by atoms with Crippen molar-refractivity contribution in [3.8, 4) is 10.4 Å². The third kappa shape index (κ3) is 1.81. The Morgan fingerprint density at radius 1 is 1.12 bits per heavy atom. The number of aromatic carboxylic acids is 1. The van der Waals surface area contributed by atoms with E-state index in [1.165, 1.54) is 18.2 Å². The standard InChI is InChI=1S/C11H6F2O2S/c12-6-2-1-3-7(13)10(6)8-4-5-9(16-8)11(14)15/h1-5H,(H,14,15). The third-order valence-corrected chi connectivity index (χ3v) is 3.12. The Morgan fingerprint density at radius 2 is 1.75 bits per heavy atom. The number of carboxylic acids is 1. The van der Waals surface area contributed by atoms with Gasteiger partial charge in [-0.2, -0.15) is 0 Å². The van der Waals surface area contributed by atoms with Gasteiger partial charge in [-0.15, -0.1) is 11.3 Å². The van der Waals surface area contributed by atoms with E-state index in [1.807, 2.05) is 0 Å². The highest BCUT2D eigenvalue weighted by atomic mass is 32.1. The molecular formula is C11H6F2O2S. The minimum atomic E-state index is -1.10. The van der Waals surface area contributed by atoms with Crippen LogP contribution in [0.4, 0.5) is 8.78 Å².